The summed E-state index contributed by atoms with van der Waals surface area (Å²) < 4.78 is 5.54. The molecule has 0 radical (unpaired) electrons. The van der Waals surface area contributed by atoms with Gasteiger partial charge in [0.2, 0.25) is 0 Å². The van der Waals surface area contributed by atoms with E-state index >= 15 is 0 Å². The van der Waals surface area contributed by atoms with Gasteiger partial charge in [-0.3, -0.25) is 0 Å². The lowest BCUT2D eigenvalue weighted by molar-refractivity contribution is 0.121. The molecule has 1 aromatic heterocycles. The molecule has 0 aliphatic heterocycles. The van der Waals surface area contributed by atoms with Crippen molar-refractivity contribution in [3.05, 3.63) is 28.2 Å². The van der Waals surface area contributed by atoms with Crippen LogP contribution in [0.25, 0.3) is 0 Å². The summed E-state index contributed by atoms with van der Waals surface area (Å²) in [4.78, 5) is 4.54. The van der Waals surface area contributed by atoms with Crippen LogP contribution in [0.2, 0.25) is 0 Å². The lowest BCUT2D eigenvalue weighted by atomic mass is 10.3. The molecule has 0 atom stereocenters. The Bertz CT molecular complexity index is 371. The van der Waals surface area contributed by atoms with Crippen molar-refractivity contribution >= 4 is 11.3 Å². The Labute approximate surface area is 107 Å². The fourth-order valence-corrected chi connectivity index (χ4v) is 2.17. The zero-order valence-corrected chi connectivity index (χ0v) is 11.2. The van der Waals surface area contributed by atoms with E-state index in [0.717, 1.165) is 41.9 Å². The average Bonchev–Trinajstić information content (AvgIpc) is 3.01. The molecule has 4 heteroatoms. The Morgan fingerprint density at radius 3 is 3.18 bits per heavy atom. The van der Waals surface area contributed by atoms with Crippen molar-refractivity contribution in [2.75, 3.05) is 6.61 Å². The summed E-state index contributed by atoms with van der Waals surface area (Å²) in [5.41, 5.74) is 2.21. The van der Waals surface area contributed by atoms with Crippen LogP contribution in [0, 0.1) is 0 Å². The zero-order valence-electron chi connectivity index (χ0n) is 10.4. The van der Waals surface area contributed by atoms with Gasteiger partial charge in [0.1, 0.15) is 5.01 Å². The molecule has 1 heterocycles. The molecule has 1 aliphatic carbocycles. The highest BCUT2D eigenvalue weighted by molar-refractivity contribution is 7.09. The molecule has 2 rings (SSSR count). The highest BCUT2D eigenvalue weighted by Gasteiger charge is 2.20. The Hall–Kier alpha value is -0.710. The molecule has 0 aromatic carbocycles. The van der Waals surface area contributed by atoms with Gasteiger partial charge in [-0.15, -0.1) is 17.9 Å². The summed E-state index contributed by atoms with van der Waals surface area (Å²) in [6, 6.07) is 0.745. The van der Waals surface area contributed by atoms with Crippen molar-refractivity contribution in [1.29, 1.82) is 0 Å². The van der Waals surface area contributed by atoms with Crippen LogP contribution in [0.15, 0.2) is 17.5 Å². The largest absolute Gasteiger partial charge is 0.375 e. The van der Waals surface area contributed by atoms with E-state index in [0.29, 0.717) is 6.61 Å². The minimum atomic E-state index is 0.618. The van der Waals surface area contributed by atoms with E-state index < -0.39 is 0 Å². The number of rotatable bonds is 8. The van der Waals surface area contributed by atoms with Crippen LogP contribution in [0.4, 0.5) is 0 Å². The molecule has 1 aromatic rings. The molecule has 0 spiro atoms. The van der Waals surface area contributed by atoms with Crippen molar-refractivity contribution in [3.63, 3.8) is 0 Å². The van der Waals surface area contributed by atoms with Crippen LogP contribution in [0.5, 0.6) is 0 Å². The second kappa shape index (κ2) is 6.28. The number of aromatic nitrogens is 1. The van der Waals surface area contributed by atoms with Gasteiger partial charge in [-0.25, -0.2) is 4.98 Å². The van der Waals surface area contributed by atoms with Gasteiger partial charge in [0.25, 0.3) is 0 Å². The molecular formula is C13H20N2OS. The summed E-state index contributed by atoms with van der Waals surface area (Å²) in [6.45, 7) is 8.13. The van der Waals surface area contributed by atoms with E-state index in [-0.39, 0.29) is 0 Å². The standard InChI is InChI=1S/C13H20N2OS/c1-10(2)5-6-16-8-12-9-17-13(15-12)7-14-11-3-4-11/h9,11,14H,1,3-8H2,2H3. The first kappa shape index (κ1) is 12.7. The highest BCUT2D eigenvalue weighted by atomic mass is 32.1. The molecule has 1 N–H and O–H groups in total. The number of nitrogens with one attached hydrogen (secondary N) is 1. The summed E-state index contributed by atoms with van der Waals surface area (Å²) in [5.74, 6) is 0. The lowest BCUT2D eigenvalue weighted by Crippen LogP contribution is -2.15. The van der Waals surface area contributed by atoms with E-state index in [9.17, 15) is 0 Å². The van der Waals surface area contributed by atoms with Crippen LogP contribution in [-0.4, -0.2) is 17.6 Å². The van der Waals surface area contributed by atoms with Crippen molar-refractivity contribution in [2.45, 2.75) is 45.4 Å². The maximum Gasteiger partial charge on any atom is 0.107 e. The van der Waals surface area contributed by atoms with Gasteiger partial charge >= 0.3 is 0 Å². The molecule has 0 amide bonds. The van der Waals surface area contributed by atoms with Crippen molar-refractivity contribution in [1.82, 2.24) is 10.3 Å². The average molecular weight is 252 g/mol. The normalized spacial score (nSPS) is 15.1. The van der Waals surface area contributed by atoms with Gasteiger partial charge < -0.3 is 10.1 Å². The Morgan fingerprint density at radius 2 is 2.47 bits per heavy atom. The molecule has 94 valence electrons. The van der Waals surface area contributed by atoms with Crippen molar-refractivity contribution < 1.29 is 4.74 Å². The highest BCUT2D eigenvalue weighted by Crippen LogP contribution is 2.20. The fourth-order valence-electron chi connectivity index (χ4n) is 1.44. The molecule has 17 heavy (non-hydrogen) atoms. The zero-order chi connectivity index (χ0) is 12.1. The number of hydrogen-bond donors (Lipinski definition) is 1. The molecule has 0 bridgehead atoms. The number of hydrogen-bond acceptors (Lipinski definition) is 4. The molecular weight excluding hydrogens is 232 g/mol. The predicted molar refractivity (Wildman–Crippen MR) is 71.1 cm³/mol. The maximum absolute atomic E-state index is 5.54. The van der Waals surface area contributed by atoms with Gasteiger partial charge in [0, 0.05) is 18.0 Å². The summed E-state index contributed by atoms with van der Waals surface area (Å²) in [6.07, 6.45) is 3.57. The second-order valence-electron chi connectivity index (χ2n) is 4.65. The smallest absolute Gasteiger partial charge is 0.107 e. The molecule has 1 saturated carbocycles. The van der Waals surface area contributed by atoms with E-state index in [1.165, 1.54) is 12.8 Å². The first-order valence-electron chi connectivity index (χ1n) is 6.13. The topological polar surface area (TPSA) is 34.1 Å². The Balaban J connectivity index is 1.64. The van der Waals surface area contributed by atoms with Gasteiger partial charge in [-0.05, 0) is 26.2 Å². The van der Waals surface area contributed by atoms with Crippen molar-refractivity contribution in [3.8, 4) is 0 Å². The third-order valence-electron chi connectivity index (χ3n) is 2.64. The lowest BCUT2D eigenvalue weighted by Gasteiger charge is -2.01. The molecule has 0 unspecified atom stereocenters. The number of thiazole rings is 1. The van der Waals surface area contributed by atoms with Crippen LogP contribution < -0.4 is 5.32 Å². The van der Waals surface area contributed by atoms with Gasteiger partial charge in [-0.2, -0.15) is 0 Å². The Morgan fingerprint density at radius 1 is 1.65 bits per heavy atom. The van der Waals surface area contributed by atoms with Crippen LogP contribution >= 0.6 is 11.3 Å². The van der Waals surface area contributed by atoms with Crippen LogP contribution in [0.1, 0.15) is 36.9 Å². The maximum atomic E-state index is 5.54. The van der Waals surface area contributed by atoms with Crippen LogP contribution in [0.3, 0.4) is 0 Å². The van der Waals surface area contributed by atoms with Gasteiger partial charge in [0.15, 0.2) is 0 Å². The molecule has 1 aliphatic rings. The van der Waals surface area contributed by atoms with Crippen molar-refractivity contribution in [2.24, 2.45) is 0 Å². The second-order valence-corrected chi connectivity index (χ2v) is 5.59. The predicted octanol–water partition coefficient (Wildman–Crippen LogP) is 2.88. The van der Waals surface area contributed by atoms with E-state index in [1.54, 1.807) is 11.3 Å². The Kier molecular flexibility index (Phi) is 4.71. The third kappa shape index (κ3) is 4.98. The molecule has 3 nitrogen and oxygen atoms in total. The summed E-state index contributed by atoms with van der Waals surface area (Å²) in [7, 11) is 0. The summed E-state index contributed by atoms with van der Waals surface area (Å²) in [5, 5.41) is 6.71. The molecule has 0 saturated heterocycles. The number of nitrogens with zero attached hydrogens (tertiary/aromatic N) is 1. The first-order chi connectivity index (χ1) is 8.24. The van der Waals surface area contributed by atoms with E-state index in [2.05, 4.69) is 22.3 Å². The summed E-state index contributed by atoms with van der Waals surface area (Å²) >= 11 is 1.71. The third-order valence-corrected chi connectivity index (χ3v) is 3.54. The van der Waals surface area contributed by atoms with Gasteiger partial charge in [0.05, 0.1) is 18.9 Å². The van der Waals surface area contributed by atoms with E-state index in [1.807, 2.05) is 6.92 Å². The minimum absolute atomic E-state index is 0.618. The quantitative estimate of drug-likeness (QED) is 0.570. The number of ether oxygens (including phenoxy) is 1. The fraction of sp³-hybridized carbons (Fsp3) is 0.615. The van der Waals surface area contributed by atoms with E-state index in [4.69, 9.17) is 4.74 Å². The monoisotopic (exact) mass is 252 g/mol. The van der Waals surface area contributed by atoms with Crippen LogP contribution in [-0.2, 0) is 17.9 Å². The minimum Gasteiger partial charge on any atom is -0.375 e. The first-order valence-corrected chi connectivity index (χ1v) is 7.01. The SMILES string of the molecule is C=C(C)CCOCc1csc(CNC2CC2)n1. The molecule has 1 fully saturated rings. The van der Waals surface area contributed by atoms with Gasteiger partial charge in [-0.1, -0.05) is 5.57 Å².